The maximum atomic E-state index is 13.3. The second-order valence-electron chi connectivity index (χ2n) is 8.50. The Bertz CT molecular complexity index is 1460. The maximum absolute atomic E-state index is 13.3. The SMILES string of the molecule is O=C(CC1N=C2c3ccccc3N=C(SCC(=O)Nc3ccc(F)cc3)N2C1=O)NCc1ccc(F)cc1. The van der Waals surface area contributed by atoms with Crippen LogP contribution in [0.3, 0.4) is 0 Å². The number of halogens is 2. The van der Waals surface area contributed by atoms with Gasteiger partial charge in [0.25, 0.3) is 5.91 Å². The van der Waals surface area contributed by atoms with Crippen LogP contribution in [-0.4, -0.2) is 45.4 Å². The van der Waals surface area contributed by atoms with Gasteiger partial charge in [-0.15, -0.1) is 0 Å². The Hall–Kier alpha value is -4.38. The van der Waals surface area contributed by atoms with E-state index in [2.05, 4.69) is 20.6 Å². The molecule has 1 atom stereocenters. The Balaban J connectivity index is 1.27. The van der Waals surface area contributed by atoms with Crippen molar-refractivity contribution in [2.45, 2.75) is 19.0 Å². The van der Waals surface area contributed by atoms with Crippen LogP contribution in [0.15, 0.2) is 82.8 Å². The Kier molecular flexibility index (Phi) is 7.27. The quantitative estimate of drug-likeness (QED) is 0.479. The number of nitrogens with one attached hydrogen (secondary N) is 2. The molecule has 0 aliphatic carbocycles. The van der Waals surface area contributed by atoms with E-state index in [1.165, 1.54) is 41.3 Å². The lowest BCUT2D eigenvalue weighted by molar-refractivity contribution is -0.128. The van der Waals surface area contributed by atoms with Crippen LogP contribution < -0.4 is 10.6 Å². The Morgan fingerprint density at radius 1 is 0.921 bits per heavy atom. The lowest BCUT2D eigenvalue weighted by atomic mass is 10.1. The van der Waals surface area contributed by atoms with Crippen molar-refractivity contribution in [3.05, 3.63) is 95.6 Å². The fourth-order valence-electron chi connectivity index (χ4n) is 3.94. The van der Waals surface area contributed by atoms with Crippen LogP contribution in [0, 0.1) is 11.6 Å². The number of carbonyl (C=O) groups is 3. The zero-order valence-corrected chi connectivity index (χ0v) is 20.7. The van der Waals surface area contributed by atoms with Crippen LogP contribution in [0.25, 0.3) is 0 Å². The van der Waals surface area contributed by atoms with E-state index < -0.39 is 17.8 Å². The van der Waals surface area contributed by atoms with Crippen molar-refractivity contribution >= 4 is 51.9 Å². The van der Waals surface area contributed by atoms with Crippen LogP contribution >= 0.6 is 11.8 Å². The first-order valence-electron chi connectivity index (χ1n) is 11.7. The van der Waals surface area contributed by atoms with Gasteiger partial charge in [0, 0.05) is 17.8 Å². The van der Waals surface area contributed by atoms with Crippen LogP contribution in [0.4, 0.5) is 20.2 Å². The number of nitrogens with zero attached hydrogens (tertiary/aromatic N) is 3. The molecule has 192 valence electrons. The lowest BCUT2D eigenvalue weighted by Gasteiger charge is -2.25. The molecule has 2 N–H and O–H groups in total. The average Bonchev–Trinajstić information content (AvgIpc) is 3.24. The highest BCUT2D eigenvalue weighted by molar-refractivity contribution is 8.14. The Morgan fingerprint density at radius 3 is 2.34 bits per heavy atom. The molecule has 2 aliphatic rings. The number of anilines is 1. The molecule has 8 nitrogen and oxygen atoms in total. The van der Waals surface area contributed by atoms with Gasteiger partial charge in [-0.3, -0.25) is 19.4 Å². The van der Waals surface area contributed by atoms with Crippen molar-refractivity contribution in [3.63, 3.8) is 0 Å². The third-order valence-electron chi connectivity index (χ3n) is 5.79. The highest BCUT2D eigenvalue weighted by atomic mass is 32.2. The summed E-state index contributed by atoms with van der Waals surface area (Å²) < 4.78 is 26.2. The fraction of sp³-hybridized carbons (Fsp3) is 0.148. The molecule has 38 heavy (non-hydrogen) atoms. The zero-order valence-electron chi connectivity index (χ0n) is 19.9. The van der Waals surface area contributed by atoms with E-state index in [4.69, 9.17) is 0 Å². The Labute approximate surface area is 220 Å². The van der Waals surface area contributed by atoms with Crippen molar-refractivity contribution in [1.82, 2.24) is 10.2 Å². The summed E-state index contributed by atoms with van der Waals surface area (Å²) in [6.45, 7) is 0.189. The number of hydrogen-bond donors (Lipinski definition) is 2. The van der Waals surface area contributed by atoms with E-state index in [1.54, 1.807) is 36.4 Å². The first kappa shape index (κ1) is 25.3. The van der Waals surface area contributed by atoms with E-state index in [9.17, 15) is 23.2 Å². The third kappa shape index (κ3) is 5.62. The predicted molar refractivity (Wildman–Crippen MR) is 141 cm³/mol. The molecular formula is C27H21F2N5O3S. The minimum absolute atomic E-state index is 0.0573. The van der Waals surface area contributed by atoms with Gasteiger partial charge in [-0.05, 0) is 54.1 Å². The van der Waals surface area contributed by atoms with Crippen molar-refractivity contribution in [1.29, 1.82) is 0 Å². The molecule has 0 fully saturated rings. The summed E-state index contributed by atoms with van der Waals surface area (Å²) in [4.78, 5) is 48.9. The van der Waals surface area contributed by atoms with Crippen molar-refractivity contribution in [3.8, 4) is 0 Å². The van der Waals surface area contributed by atoms with Gasteiger partial charge in [-0.2, -0.15) is 0 Å². The van der Waals surface area contributed by atoms with Gasteiger partial charge in [0.2, 0.25) is 11.8 Å². The van der Waals surface area contributed by atoms with Crippen molar-refractivity contribution in [2.75, 3.05) is 11.1 Å². The van der Waals surface area contributed by atoms with Gasteiger partial charge in [0.1, 0.15) is 23.5 Å². The monoisotopic (exact) mass is 533 g/mol. The molecule has 3 amide bonds. The van der Waals surface area contributed by atoms with E-state index in [-0.39, 0.29) is 41.5 Å². The minimum Gasteiger partial charge on any atom is -0.352 e. The van der Waals surface area contributed by atoms with Gasteiger partial charge in [-0.25, -0.2) is 18.7 Å². The summed E-state index contributed by atoms with van der Waals surface area (Å²) in [5, 5.41) is 5.68. The van der Waals surface area contributed by atoms with Crippen LogP contribution in [0.5, 0.6) is 0 Å². The van der Waals surface area contributed by atoms with Crippen LogP contribution in [-0.2, 0) is 20.9 Å². The molecule has 0 aromatic heterocycles. The van der Waals surface area contributed by atoms with Crippen molar-refractivity contribution in [2.24, 2.45) is 9.98 Å². The first-order valence-corrected chi connectivity index (χ1v) is 12.6. The number of amides is 3. The summed E-state index contributed by atoms with van der Waals surface area (Å²) in [6, 6.07) is 17.4. The van der Waals surface area contributed by atoms with Gasteiger partial charge < -0.3 is 10.6 Å². The number of fused-ring (bicyclic) bond motifs is 3. The maximum Gasteiger partial charge on any atom is 0.259 e. The number of para-hydroxylation sites is 1. The zero-order chi connectivity index (χ0) is 26.6. The summed E-state index contributed by atoms with van der Waals surface area (Å²) in [5.74, 6) is -1.62. The van der Waals surface area contributed by atoms with E-state index >= 15 is 0 Å². The molecule has 1 unspecified atom stereocenters. The molecule has 0 saturated carbocycles. The van der Waals surface area contributed by atoms with Crippen LogP contribution in [0.2, 0.25) is 0 Å². The Morgan fingerprint density at radius 2 is 1.61 bits per heavy atom. The van der Waals surface area contributed by atoms with Gasteiger partial charge >= 0.3 is 0 Å². The normalized spacial score (nSPS) is 15.8. The smallest absolute Gasteiger partial charge is 0.259 e. The second kappa shape index (κ2) is 10.9. The van der Waals surface area contributed by atoms with E-state index in [0.717, 1.165) is 17.3 Å². The van der Waals surface area contributed by atoms with Crippen molar-refractivity contribution < 1.29 is 23.2 Å². The third-order valence-corrected chi connectivity index (χ3v) is 6.73. The molecule has 0 radical (unpaired) electrons. The molecule has 0 saturated heterocycles. The largest absolute Gasteiger partial charge is 0.352 e. The number of hydrogen-bond acceptors (Lipinski definition) is 6. The molecule has 3 aromatic carbocycles. The van der Waals surface area contributed by atoms with E-state index in [0.29, 0.717) is 22.8 Å². The standard InChI is InChI=1S/C27H21F2N5O3S/c28-17-7-5-16(6-8-17)14-30-23(35)13-22-26(37)34-25(32-22)20-3-1-2-4-21(20)33-27(34)38-15-24(36)31-19-11-9-18(29)10-12-19/h1-12,22H,13-15H2,(H,30,35)(H,31,36). The predicted octanol–water partition coefficient (Wildman–Crippen LogP) is 4.00. The molecule has 2 heterocycles. The summed E-state index contributed by atoms with van der Waals surface area (Å²) >= 11 is 1.06. The number of carbonyl (C=O) groups excluding carboxylic acids is 3. The van der Waals surface area contributed by atoms with Gasteiger partial charge in [0.05, 0.1) is 17.9 Å². The molecule has 11 heteroatoms. The number of thioether (sulfide) groups is 1. The highest BCUT2D eigenvalue weighted by Crippen LogP contribution is 2.34. The molecule has 5 rings (SSSR count). The van der Waals surface area contributed by atoms with E-state index in [1.807, 2.05) is 0 Å². The molecule has 0 bridgehead atoms. The number of benzene rings is 3. The highest BCUT2D eigenvalue weighted by Gasteiger charge is 2.42. The minimum atomic E-state index is -0.955. The summed E-state index contributed by atoms with van der Waals surface area (Å²) in [6.07, 6.45) is -0.175. The molecular weight excluding hydrogens is 512 g/mol. The van der Waals surface area contributed by atoms with Crippen LogP contribution in [0.1, 0.15) is 17.5 Å². The topological polar surface area (TPSA) is 103 Å². The summed E-state index contributed by atoms with van der Waals surface area (Å²) in [5.41, 5.74) is 2.41. The fourth-order valence-corrected chi connectivity index (χ4v) is 4.74. The molecule has 0 spiro atoms. The lowest BCUT2D eigenvalue weighted by Crippen LogP contribution is -2.42. The first-order chi connectivity index (χ1) is 18.4. The molecule has 3 aromatic rings. The number of aliphatic imine (C=N–C) groups is 2. The second-order valence-corrected chi connectivity index (χ2v) is 9.45. The van der Waals surface area contributed by atoms with Gasteiger partial charge in [0.15, 0.2) is 5.17 Å². The number of amidine groups is 2. The van der Waals surface area contributed by atoms with Gasteiger partial charge in [-0.1, -0.05) is 36.0 Å². The average molecular weight is 534 g/mol. The molecule has 2 aliphatic heterocycles. The number of rotatable bonds is 7. The summed E-state index contributed by atoms with van der Waals surface area (Å²) in [7, 11) is 0.